The molecule has 2 aliphatic rings. The number of aromatic hydroxyl groups is 1. The van der Waals surface area contributed by atoms with Gasteiger partial charge in [0.1, 0.15) is 17.1 Å². The standard InChI is InChI=1S/C22H29N3O2/c1-15-9-10-18-17(12-15)21-19(26)13-16(14-20(21)27-22(18,2)3)8-6-4-5-7-11-24-25-23/h4,6,9,13-14,17-18,26H,5,7-8,10-12H2,1-3H3/b6-4-/t17?,18-/m1/s1. The molecule has 0 amide bonds. The molecule has 0 spiro atoms. The molecule has 0 radical (unpaired) electrons. The Morgan fingerprint density at radius 1 is 1.37 bits per heavy atom. The number of rotatable bonds is 6. The summed E-state index contributed by atoms with van der Waals surface area (Å²) in [4.78, 5) is 2.75. The van der Waals surface area contributed by atoms with Gasteiger partial charge in [0, 0.05) is 28.9 Å². The smallest absolute Gasteiger partial charge is 0.127 e. The third-order valence-corrected chi connectivity index (χ3v) is 5.78. The zero-order chi connectivity index (χ0) is 19.4. The minimum absolute atomic E-state index is 0.239. The van der Waals surface area contributed by atoms with Crippen molar-refractivity contribution in [3.05, 3.63) is 57.5 Å². The Hall–Kier alpha value is -2.39. The van der Waals surface area contributed by atoms with Gasteiger partial charge in [-0.15, -0.1) is 0 Å². The van der Waals surface area contributed by atoms with Crippen LogP contribution in [0.4, 0.5) is 0 Å². The van der Waals surface area contributed by atoms with Crippen LogP contribution in [0.1, 0.15) is 63.5 Å². The normalized spacial score (nSPS) is 23.0. The molecule has 3 rings (SSSR count). The first-order valence-corrected chi connectivity index (χ1v) is 9.78. The van der Waals surface area contributed by atoms with Gasteiger partial charge in [-0.25, -0.2) is 0 Å². The molecule has 0 aromatic heterocycles. The van der Waals surface area contributed by atoms with E-state index in [2.05, 4.69) is 55.1 Å². The maximum absolute atomic E-state index is 10.8. The van der Waals surface area contributed by atoms with Gasteiger partial charge in [-0.05, 0) is 76.1 Å². The summed E-state index contributed by atoms with van der Waals surface area (Å²) in [5.41, 5.74) is 11.5. The number of fused-ring (bicyclic) bond motifs is 3. The van der Waals surface area contributed by atoms with Gasteiger partial charge in [0.2, 0.25) is 0 Å². The molecule has 1 heterocycles. The monoisotopic (exact) mass is 367 g/mol. The molecule has 0 saturated carbocycles. The number of hydrogen-bond donors (Lipinski definition) is 1. The van der Waals surface area contributed by atoms with Crippen LogP contribution in [0.3, 0.4) is 0 Å². The lowest BCUT2D eigenvalue weighted by Gasteiger charge is -2.47. The molecule has 1 aromatic carbocycles. The molecule has 1 aliphatic heterocycles. The highest BCUT2D eigenvalue weighted by atomic mass is 16.5. The molecule has 144 valence electrons. The van der Waals surface area contributed by atoms with E-state index in [4.69, 9.17) is 10.3 Å². The van der Waals surface area contributed by atoms with Crippen molar-refractivity contribution in [2.24, 2.45) is 11.0 Å². The summed E-state index contributed by atoms with van der Waals surface area (Å²) in [6.45, 7) is 7.03. The minimum Gasteiger partial charge on any atom is -0.508 e. The van der Waals surface area contributed by atoms with Gasteiger partial charge in [-0.3, -0.25) is 0 Å². The zero-order valence-corrected chi connectivity index (χ0v) is 16.5. The van der Waals surface area contributed by atoms with Crippen molar-refractivity contribution in [3.63, 3.8) is 0 Å². The number of allylic oxidation sites excluding steroid dienone is 4. The summed E-state index contributed by atoms with van der Waals surface area (Å²) in [6.07, 6.45) is 11.0. The van der Waals surface area contributed by atoms with Crippen LogP contribution in [-0.4, -0.2) is 17.3 Å². The second kappa shape index (κ2) is 8.10. The van der Waals surface area contributed by atoms with Gasteiger partial charge in [-0.2, -0.15) is 0 Å². The van der Waals surface area contributed by atoms with E-state index in [9.17, 15) is 5.11 Å². The number of nitrogens with zero attached hydrogens (tertiary/aromatic N) is 3. The number of ether oxygens (including phenoxy) is 1. The SMILES string of the molecule is CC1=CC[C@@H]2C(C1)c1c(O)cc(C/C=C\CCCN=[N+]=[N-])cc1OC2(C)C. The van der Waals surface area contributed by atoms with Crippen molar-refractivity contribution in [2.75, 3.05) is 6.54 Å². The molecule has 27 heavy (non-hydrogen) atoms. The van der Waals surface area contributed by atoms with Crippen LogP contribution in [-0.2, 0) is 6.42 Å². The molecular formula is C22H29N3O2. The van der Waals surface area contributed by atoms with E-state index in [1.807, 2.05) is 6.07 Å². The summed E-state index contributed by atoms with van der Waals surface area (Å²) in [5, 5.41) is 14.3. The van der Waals surface area contributed by atoms with Gasteiger partial charge in [0.25, 0.3) is 0 Å². The molecule has 2 atom stereocenters. The van der Waals surface area contributed by atoms with Gasteiger partial charge < -0.3 is 9.84 Å². The average molecular weight is 367 g/mol. The number of phenolic OH excluding ortho intramolecular Hbond substituents is 1. The van der Waals surface area contributed by atoms with Gasteiger partial charge in [0.05, 0.1) is 0 Å². The molecule has 1 unspecified atom stereocenters. The Balaban J connectivity index is 1.77. The van der Waals surface area contributed by atoms with E-state index in [0.29, 0.717) is 24.1 Å². The first kappa shape index (κ1) is 19.4. The Morgan fingerprint density at radius 3 is 2.96 bits per heavy atom. The molecule has 0 saturated heterocycles. The van der Waals surface area contributed by atoms with Crippen molar-refractivity contribution in [1.29, 1.82) is 0 Å². The molecule has 5 heteroatoms. The van der Waals surface area contributed by atoms with Crippen LogP contribution < -0.4 is 4.74 Å². The van der Waals surface area contributed by atoms with Gasteiger partial charge in [-0.1, -0.05) is 28.9 Å². The molecule has 0 fully saturated rings. The van der Waals surface area contributed by atoms with Gasteiger partial charge in [0.15, 0.2) is 0 Å². The number of hydrogen-bond acceptors (Lipinski definition) is 3. The van der Waals surface area contributed by atoms with Crippen molar-refractivity contribution in [2.45, 2.75) is 64.4 Å². The predicted octanol–water partition coefficient (Wildman–Crippen LogP) is 6.19. The summed E-state index contributed by atoms with van der Waals surface area (Å²) in [5.74, 6) is 1.91. The van der Waals surface area contributed by atoms with Crippen LogP contribution in [0.5, 0.6) is 11.5 Å². The zero-order valence-electron chi connectivity index (χ0n) is 16.5. The molecule has 1 aliphatic carbocycles. The van der Waals surface area contributed by atoms with E-state index >= 15 is 0 Å². The average Bonchev–Trinajstić information content (AvgIpc) is 2.59. The summed E-state index contributed by atoms with van der Waals surface area (Å²) < 4.78 is 6.36. The van der Waals surface area contributed by atoms with Crippen molar-refractivity contribution in [3.8, 4) is 11.5 Å². The van der Waals surface area contributed by atoms with E-state index in [-0.39, 0.29) is 5.60 Å². The predicted molar refractivity (Wildman–Crippen MR) is 108 cm³/mol. The lowest BCUT2D eigenvalue weighted by atomic mass is 9.67. The first-order chi connectivity index (χ1) is 12.9. The quantitative estimate of drug-likeness (QED) is 0.214. The molecule has 1 aromatic rings. The van der Waals surface area contributed by atoms with Crippen molar-refractivity contribution < 1.29 is 9.84 Å². The summed E-state index contributed by atoms with van der Waals surface area (Å²) in [6, 6.07) is 3.97. The number of azide groups is 1. The highest BCUT2D eigenvalue weighted by molar-refractivity contribution is 5.53. The highest BCUT2D eigenvalue weighted by Gasteiger charge is 2.45. The van der Waals surface area contributed by atoms with Crippen LogP contribution in [0, 0.1) is 5.92 Å². The third-order valence-electron chi connectivity index (χ3n) is 5.78. The first-order valence-electron chi connectivity index (χ1n) is 9.78. The molecule has 5 nitrogen and oxygen atoms in total. The Labute approximate surface area is 161 Å². The van der Waals surface area contributed by atoms with Crippen molar-refractivity contribution in [1.82, 2.24) is 0 Å². The maximum atomic E-state index is 10.8. The molecule has 1 N–H and O–H groups in total. The van der Waals surface area contributed by atoms with Gasteiger partial charge >= 0.3 is 0 Å². The van der Waals surface area contributed by atoms with Crippen LogP contribution in [0.25, 0.3) is 10.4 Å². The summed E-state index contributed by atoms with van der Waals surface area (Å²) >= 11 is 0. The largest absolute Gasteiger partial charge is 0.508 e. The third kappa shape index (κ3) is 4.30. The van der Waals surface area contributed by atoms with Crippen LogP contribution in [0.2, 0.25) is 0 Å². The maximum Gasteiger partial charge on any atom is 0.127 e. The number of unbranched alkanes of at least 4 members (excludes halogenated alkanes) is 1. The molecular weight excluding hydrogens is 338 g/mol. The fourth-order valence-corrected chi connectivity index (χ4v) is 4.40. The van der Waals surface area contributed by atoms with Crippen molar-refractivity contribution >= 4 is 0 Å². The Bertz CT molecular complexity index is 804. The lowest BCUT2D eigenvalue weighted by molar-refractivity contribution is 0.00754. The Morgan fingerprint density at radius 2 is 2.19 bits per heavy atom. The minimum atomic E-state index is -0.239. The molecule has 0 bridgehead atoms. The fraction of sp³-hybridized carbons (Fsp3) is 0.545. The summed E-state index contributed by atoms with van der Waals surface area (Å²) in [7, 11) is 0. The van der Waals surface area contributed by atoms with E-state index < -0.39 is 0 Å². The van der Waals surface area contributed by atoms with Crippen LogP contribution >= 0.6 is 0 Å². The number of benzene rings is 1. The van der Waals surface area contributed by atoms with E-state index in [0.717, 1.165) is 49.0 Å². The number of phenols is 1. The fourth-order valence-electron chi connectivity index (χ4n) is 4.40. The lowest BCUT2D eigenvalue weighted by Crippen LogP contribution is -2.45. The second-order valence-corrected chi connectivity index (χ2v) is 8.21. The van der Waals surface area contributed by atoms with Crippen LogP contribution in [0.15, 0.2) is 41.0 Å². The second-order valence-electron chi connectivity index (χ2n) is 8.21. The Kier molecular flexibility index (Phi) is 5.81. The highest BCUT2D eigenvalue weighted by Crippen LogP contribution is 2.54. The van der Waals surface area contributed by atoms with E-state index in [1.54, 1.807) is 0 Å². The van der Waals surface area contributed by atoms with E-state index in [1.165, 1.54) is 5.57 Å². The topological polar surface area (TPSA) is 78.2 Å².